The maximum Gasteiger partial charge on any atom is 0.340 e. The number of hydrogen-bond donors (Lipinski definition) is 2. The number of H-pyrrole nitrogens is 1. The first-order valence-electron chi connectivity index (χ1n) is 9.18. The topological polar surface area (TPSA) is 104 Å². The van der Waals surface area contributed by atoms with Gasteiger partial charge in [0.25, 0.3) is 0 Å². The van der Waals surface area contributed by atoms with E-state index in [0.717, 1.165) is 10.9 Å². The number of carbonyl (C=O) groups is 2. The van der Waals surface area contributed by atoms with Gasteiger partial charge >= 0.3 is 5.97 Å². The van der Waals surface area contributed by atoms with Gasteiger partial charge < -0.3 is 14.8 Å². The van der Waals surface area contributed by atoms with E-state index in [2.05, 4.69) is 15.2 Å². The van der Waals surface area contributed by atoms with Gasteiger partial charge in [-0.25, -0.2) is 4.79 Å². The van der Waals surface area contributed by atoms with Crippen molar-refractivity contribution < 1.29 is 19.4 Å². The lowest BCUT2D eigenvalue weighted by Gasteiger charge is -2.06. The number of rotatable bonds is 6. The number of nitrogens with one attached hydrogen (secondary N) is 1. The summed E-state index contributed by atoms with van der Waals surface area (Å²) in [7, 11) is 0. The summed E-state index contributed by atoms with van der Waals surface area (Å²) in [6.45, 7) is -0.385. The number of phenols is 1. The molecule has 7 nitrogen and oxygen atoms in total. The Balaban J connectivity index is 1.47. The minimum atomic E-state index is -0.663. The van der Waals surface area contributed by atoms with Crippen molar-refractivity contribution in [3.63, 3.8) is 0 Å². The van der Waals surface area contributed by atoms with Gasteiger partial charge in [0.05, 0.1) is 11.3 Å². The number of hydrogen-bond acceptors (Lipinski definition) is 6. The number of aromatic nitrogens is 1. The van der Waals surface area contributed by atoms with E-state index in [-0.39, 0.29) is 23.7 Å². The number of benzene rings is 3. The molecule has 0 aliphatic rings. The minimum absolute atomic E-state index is 0.123. The number of Topliss-reactive ketones (excluding diaryl/α,β-unsaturated/α-hetero) is 1. The Morgan fingerprint density at radius 3 is 2.43 bits per heavy atom. The molecule has 0 unspecified atom stereocenters. The van der Waals surface area contributed by atoms with Gasteiger partial charge in [0.15, 0.2) is 6.61 Å². The van der Waals surface area contributed by atoms with Gasteiger partial charge in [-0.1, -0.05) is 30.3 Å². The van der Waals surface area contributed by atoms with Crippen LogP contribution in [-0.4, -0.2) is 28.4 Å². The molecule has 0 aliphatic carbocycles. The van der Waals surface area contributed by atoms with Crippen LogP contribution in [0.25, 0.3) is 10.9 Å². The molecule has 30 heavy (non-hydrogen) atoms. The molecule has 1 heterocycles. The van der Waals surface area contributed by atoms with Crippen molar-refractivity contribution in [2.45, 2.75) is 0 Å². The van der Waals surface area contributed by atoms with Gasteiger partial charge in [-0.05, 0) is 42.5 Å². The highest BCUT2D eigenvalue weighted by molar-refractivity contribution is 6.09. The Morgan fingerprint density at radius 1 is 0.867 bits per heavy atom. The van der Waals surface area contributed by atoms with E-state index in [1.807, 2.05) is 24.3 Å². The summed E-state index contributed by atoms with van der Waals surface area (Å²) in [5.74, 6) is -0.842. The highest BCUT2D eigenvalue weighted by Crippen LogP contribution is 2.24. The van der Waals surface area contributed by atoms with Crippen LogP contribution < -0.4 is 0 Å². The van der Waals surface area contributed by atoms with E-state index in [4.69, 9.17) is 4.74 Å². The third-order valence-electron chi connectivity index (χ3n) is 4.47. The van der Waals surface area contributed by atoms with Crippen LogP contribution in [-0.2, 0) is 4.74 Å². The summed E-state index contributed by atoms with van der Waals surface area (Å²) in [5.41, 5.74) is 2.35. The van der Waals surface area contributed by atoms with Gasteiger partial charge in [0.1, 0.15) is 11.4 Å². The Labute approximate surface area is 171 Å². The molecule has 0 aliphatic heterocycles. The lowest BCUT2D eigenvalue weighted by atomic mass is 10.1. The quantitative estimate of drug-likeness (QED) is 0.260. The number of fused-ring (bicyclic) bond motifs is 1. The Kier molecular flexibility index (Phi) is 5.34. The maximum atomic E-state index is 12.5. The zero-order valence-corrected chi connectivity index (χ0v) is 15.8. The third-order valence-corrected chi connectivity index (χ3v) is 4.47. The highest BCUT2D eigenvalue weighted by Gasteiger charge is 2.17. The van der Waals surface area contributed by atoms with Crippen molar-refractivity contribution in [3.8, 4) is 5.75 Å². The number of carbonyl (C=O) groups excluding carboxylic acids is 2. The number of para-hydroxylation sites is 1. The number of aromatic hydroxyl groups is 1. The molecule has 0 amide bonds. The number of phenolic OH excluding ortho intramolecular Hbond substituents is 1. The van der Waals surface area contributed by atoms with Crippen LogP contribution in [0, 0.1) is 0 Å². The second-order valence-corrected chi connectivity index (χ2v) is 6.48. The molecular weight excluding hydrogens is 382 g/mol. The van der Waals surface area contributed by atoms with Crippen LogP contribution in [0.4, 0.5) is 11.4 Å². The number of esters is 1. The fraction of sp³-hybridized carbons (Fsp3) is 0.0435. The lowest BCUT2D eigenvalue weighted by molar-refractivity contribution is 0.0476. The molecular formula is C23H17N3O4. The molecule has 0 bridgehead atoms. The summed E-state index contributed by atoms with van der Waals surface area (Å²) >= 11 is 0. The van der Waals surface area contributed by atoms with E-state index in [1.165, 1.54) is 12.1 Å². The van der Waals surface area contributed by atoms with Gasteiger partial charge in [-0.3, -0.25) is 4.79 Å². The van der Waals surface area contributed by atoms with Crippen LogP contribution in [0.15, 0.2) is 89.2 Å². The van der Waals surface area contributed by atoms with Crippen LogP contribution in [0.5, 0.6) is 5.75 Å². The fourth-order valence-corrected chi connectivity index (χ4v) is 2.95. The molecule has 2 N–H and O–H groups in total. The van der Waals surface area contributed by atoms with Crippen molar-refractivity contribution in [2.75, 3.05) is 6.61 Å². The average Bonchev–Trinajstić information content (AvgIpc) is 3.21. The predicted octanol–water partition coefficient (Wildman–Crippen LogP) is 5.33. The second-order valence-electron chi connectivity index (χ2n) is 6.48. The molecule has 0 atom stereocenters. The lowest BCUT2D eigenvalue weighted by Crippen LogP contribution is -2.14. The largest absolute Gasteiger partial charge is 0.508 e. The van der Waals surface area contributed by atoms with Crippen LogP contribution in [0.1, 0.15) is 20.7 Å². The summed E-state index contributed by atoms with van der Waals surface area (Å²) < 4.78 is 5.23. The molecule has 0 radical (unpaired) electrons. The summed E-state index contributed by atoms with van der Waals surface area (Å²) in [4.78, 5) is 28.1. The number of nitrogens with zero attached hydrogens (tertiary/aromatic N) is 2. The predicted molar refractivity (Wildman–Crippen MR) is 112 cm³/mol. The fourth-order valence-electron chi connectivity index (χ4n) is 2.95. The van der Waals surface area contributed by atoms with E-state index >= 15 is 0 Å². The molecule has 1 aromatic heterocycles. The Bertz CT molecular complexity index is 1240. The number of ketones is 1. The average molecular weight is 399 g/mol. The highest BCUT2D eigenvalue weighted by atomic mass is 16.5. The van der Waals surface area contributed by atoms with Gasteiger partial charge in [0, 0.05) is 22.7 Å². The van der Waals surface area contributed by atoms with Gasteiger partial charge in [-0.15, -0.1) is 5.11 Å². The van der Waals surface area contributed by atoms with Crippen molar-refractivity contribution in [1.29, 1.82) is 0 Å². The minimum Gasteiger partial charge on any atom is -0.508 e. The monoisotopic (exact) mass is 399 g/mol. The Hall–Kier alpha value is -4.26. The van der Waals surface area contributed by atoms with Crippen molar-refractivity contribution in [2.24, 2.45) is 10.2 Å². The van der Waals surface area contributed by atoms with Gasteiger partial charge in [0.2, 0.25) is 5.78 Å². The third kappa shape index (κ3) is 4.10. The zero-order valence-electron chi connectivity index (χ0n) is 15.8. The first-order valence-corrected chi connectivity index (χ1v) is 9.18. The van der Waals surface area contributed by atoms with Crippen LogP contribution in [0.3, 0.4) is 0 Å². The molecule has 7 heteroatoms. The molecule has 4 rings (SSSR count). The second kappa shape index (κ2) is 8.40. The maximum absolute atomic E-state index is 12.5. The van der Waals surface area contributed by atoms with Crippen molar-refractivity contribution in [3.05, 3.63) is 90.1 Å². The Morgan fingerprint density at radius 2 is 1.60 bits per heavy atom. The summed E-state index contributed by atoms with van der Waals surface area (Å²) in [6.07, 6.45) is 1.61. The zero-order chi connectivity index (χ0) is 20.9. The number of aromatic amines is 1. The SMILES string of the molecule is O=C(OCC(=O)c1c[nH]c2ccccc12)c1ccccc1N=Nc1ccc(O)cc1. The smallest absolute Gasteiger partial charge is 0.340 e. The van der Waals surface area contributed by atoms with Crippen molar-refractivity contribution >= 4 is 34.0 Å². The van der Waals surface area contributed by atoms with E-state index < -0.39 is 5.97 Å². The number of azo groups is 1. The van der Waals surface area contributed by atoms with Crippen LogP contribution >= 0.6 is 0 Å². The first-order chi connectivity index (χ1) is 14.6. The number of ether oxygens (including phenoxy) is 1. The molecule has 0 saturated heterocycles. The van der Waals surface area contributed by atoms with E-state index in [1.54, 1.807) is 42.6 Å². The molecule has 0 spiro atoms. The normalized spacial score (nSPS) is 11.1. The summed E-state index contributed by atoms with van der Waals surface area (Å²) in [5, 5.41) is 18.3. The molecule has 0 fully saturated rings. The molecule has 148 valence electrons. The van der Waals surface area contributed by atoms with Crippen molar-refractivity contribution in [1.82, 2.24) is 4.98 Å². The van der Waals surface area contributed by atoms with E-state index in [9.17, 15) is 14.7 Å². The van der Waals surface area contributed by atoms with Crippen LogP contribution in [0.2, 0.25) is 0 Å². The first kappa shape index (κ1) is 19.1. The standard InChI is InChI=1S/C23H17N3O4/c27-16-11-9-15(10-12-16)25-26-21-8-4-2-6-18(21)23(29)30-14-22(28)19-13-24-20-7-3-1-5-17(19)20/h1-13,24,27H,14H2. The molecule has 0 saturated carbocycles. The van der Waals surface area contributed by atoms with E-state index in [0.29, 0.717) is 16.9 Å². The molecule has 4 aromatic rings. The van der Waals surface area contributed by atoms with Gasteiger partial charge in [-0.2, -0.15) is 5.11 Å². The molecule has 3 aromatic carbocycles. The summed E-state index contributed by atoms with van der Waals surface area (Å²) in [6, 6.07) is 20.2.